The average molecular weight is 303 g/mol. The van der Waals surface area contributed by atoms with Gasteiger partial charge in [0.2, 0.25) is 5.78 Å². The summed E-state index contributed by atoms with van der Waals surface area (Å²) in [6.45, 7) is 0. The minimum atomic E-state index is -0.182. The van der Waals surface area contributed by atoms with Gasteiger partial charge in [-0.15, -0.1) is 0 Å². The lowest BCUT2D eigenvalue weighted by Crippen LogP contribution is -2.28. The summed E-state index contributed by atoms with van der Waals surface area (Å²) in [6, 6.07) is 8.00. The van der Waals surface area contributed by atoms with Crippen LogP contribution in [0, 0.1) is 0 Å². The second-order valence-corrected chi connectivity index (χ2v) is 5.70. The van der Waals surface area contributed by atoms with Crippen LogP contribution in [0.1, 0.15) is 17.7 Å². The molecule has 6 nitrogen and oxygen atoms in total. The molecule has 0 saturated carbocycles. The molecule has 2 N–H and O–H groups in total. The standard InChI is InChI=1S/C17H13N5O/c23-16-15(8-10-9-18-12-5-2-1-4-11(10)12)22-17(20-16)19-13-6-3-7-14(13)21-22/h1-2,4-6,8-9,18H,3,7H2,(H,19,20,23)/b15-8-. The van der Waals surface area contributed by atoms with Crippen molar-refractivity contribution in [3.05, 3.63) is 62.8 Å². The summed E-state index contributed by atoms with van der Waals surface area (Å²) >= 11 is 0. The van der Waals surface area contributed by atoms with Crippen molar-refractivity contribution in [2.45, 2.75) is 12.8 Å². The van der Waals surface area contributed by atoms with Gasteiger partial charge in [0.15, 0.2) is 0 Å². The molecule has 1 aliphatic rings. The zero-order chi connectivity index (χ0) is 15.4. The Labute approximate surface area is 129 Å². The molecule has 0 unspecified atom stereocenters. The number of hydrogen-bond acceptors (Lipinski definition) is 3. The fourth-order valence-corrected chi connectivity index (χ4v) is 3.13. The number of para-hydroxylation sites is 1. The number of benzene rings is 1. The van der Waals surface area contributed by atoms with Gasteiger partial charge in [0, 0.05) is 22.7 Å². The summed E-state index contributed by atoms with van der Waals surface area (Å²) in [5, 5.41) is 7.03. The molecule has 0 atom stereocenters. The van der Waals surface area contributed by atoms with E-state index in [2.05, 4.69) is 26.1 Å². The number of rotatable bonds is 1. The quantitative estimate of drug-likeness (QED) is 0.536. The van der Waals surface area contributed by atoms with E-state index in [0.29, 0.717) is 11.1 Å². The lowest BCUT2D eigenvalue weighted by atomic mass is 10.1. The molecule has 5 rings (SSSR count). The molecule has 23 heavy (non-hydrogen) atoms. The zero-order valence-corrected chi connectivity index (χ0v) is 12.2. The van der Waals surface area contributed by atoms with E-state index in [-0.39, 0.29) is 5.56 Å². The van der Waals surface area contributed by atoms with Crippen molar-refractivity contribution in [3.63, 3.8) is 0 Å². The molecular weight excluding hydrogens is 290 g/mol. The van der Waals surface area contributed by atoms with E-state index in [1.807, 2.05) is 36.5 Å². The van der Waals surface area contributed by atoms with Crippen LogP contribution in [0.3, 0.4) is 0 Å². The second kappa shape index (κ2) is 4.42. The Bertz CT molecular complexity index is 1240. The van der Waals surface area contributed by atoms with Crippen LogP contribution >= 0.6 is 0 Å². The van der Waals surface area contributed by atoms with Gasteiger partial charge in [-0.2, -0.15) is 9.61 Å². The number of H-pyrrole nitrogens is 2. The highest BCUT2D eigenvalue weighted by Crippen LogP contribution is 2.17. The van der Waals surface area contributed by atoms with Crippen LogP contribution in [-0.2, 0) is 6.42 Å². The minimum Gasteiger partial charge on any atom is -0.361 e. The monoisotopic (exact) mass is 303 g/mol. The van der Waals surface area contributed by atoms with Crippen molar-refractivity contribution in [1.29, 1.82) is 0 Å². The van der Waals surface area contributed by atoms with E-state index in [1.54, 1.807) is 4.52 Å². The largest absolute Gasteiger partial charge is 0.361 e. The lowest BCUT2D eigenvalue weighted by molar-refractivity contribution is 0.808. The number of hydrogen-bond donors (Lipinski definition) is 2. The molecule has 0 radical (unpaired) electrons. The first kappa shape index (κ1) is 12.4. The maximum Gasteiger partial charge on any atom is 0.276 e. The topological polar surface area (TPSA) is 78.8 Å². The van der Waals surface area contributed by atoms with E-state index < -0.39 is 0 Å². The van der Waals surface area contributed by atoms with Crippen LogP contribution in [0.4, 0.5) is 0 Å². The molecule has 3 aromatic heterocycles. The van der Waals surface area contributed by atoms with Gasteiger partial charge < -0.3 is 4.98 Å². The highest BCUT2D eigenvalue weighted by Gasteiger charge is 2.11. The van der Waals surface area contributed by atoms with Crippen LogP contribution in [0.5, 0.6) is 0 Å². The third kappa shape index (κ3) is 1.78. The predicted octanol–water partition coefficient (Wildman–Crippen LogP) is 0.454. The summed E-state index contributed by atoms with van der Waals surface area (Å²) < 4.78 is 1.61. The van der Waals surface area contributed by atoms with Gasteiger partial charge in [0.25, 0.3) is 5.56 Å². The van der Waals surface area contributed by atoms with E-state index in [1.165, 1.54) is 0 Å². The van der Waals surface area contributed by atoms with Crippen LogP contribution in [0.15, 0.2) is 35.3 Å². The smallest absolute Gasteiger partial charge is 0.276 e. The van der Waals surface area contributed by atoms with Gasteiger partial charge in [0.05, 0.1) is 11.0 Å². The molecule has 0 spiro atoms. The number of fused-ring (bicyclic) bond motifs is 3. The highest BCUT2D eigenvalue weighted by molar-refractivity contribution is 5.88. The zero-order valence-electron chi connectivity index (χ0n) is 12.2. The van der Waals surface area contributed by atoms with Crippen LogP contribution in [0.25, 0.3) is 28.8 Å². The molecule has 6 heteroatoms. The molecule has 0 saturated heterocycles. The molecule has 1 aromatic carbocycles. The number of imidazole rings is 1. The van der Waals surface area contributed by atoms with Gasteiger partial charge in [-0.1, -0.05) is 24.3 Å². The van der Waals surface area contributed by atoms with Crippen molar-refractivity contribution in [1.82, 2.24) is 24.6 Å². The summed E-state index contributed by atoms with van der Waals surface area (Å²) in [5.74, 6) is 0.484. The molecule has 0 amide bonds. The van der Waals surface area contributed by atoms with Crippen molar-refractivity contribution in [2.24, 2.45) is 0 Å². The Hall–Kier alpha value is -3.15. The Morgan fingerprint density at radius 2 is 2.17 bits per heavy atom. The maximum atomic E-state index is 12.3. The van der Waals surface area contributed by atoms with Crippen molar-refractivity contribution in [3.8, 4) is 0 Å². The average Bonchev–Trinajstić information content (AvgIpc) is 3.24. The molecule has 3 heterocycles. The lowest BCUT2D eigenvalue weighted by Gasteiger charge is -1.96. The Morgan fingerprint density at radius 1 is 1.26 bits per heavy atom. The molecule has 4 aromatic rings. The Balaban J connectivity index is 1.85. The van der Waals surface area contributed by atoms with Gasteiger partial charge in [-0.05, 0) is 25.0 Å². The SMILES string of the molecule is O=c1[nH]c2nc3c(nn2/c1=C\c1c[nH]c2ccccc12)CCC=3. The van der Waals surface area contributed by atoms with E-state index in [4.69, 9.17) is 0 Å². The Morgan fingerprint density at radius 3 is 3.13 bits per heavy atom. The van der Waals surface area contributed by atoms with Crippen LogP contribution < -0.4 is 16.3 Å². The number of aryl methyl sites for hydroxylation is 1. The maximum absolute atomic E-state index is 12.3. The van der Waals surface area contributed by atoms with Gasteiger partial charge >= 0.3 is 0 Å². The van der Waals surface area contributed by atoms with Gasteiger partial charge in [0.1, 0.15) is 5.35 Å². The first-order valence-corrected chi connectivity index (χ1v) is 7.55. The van der Waals surface area contributed by atoms with Gasteiger partial charge in [-0.3, -0.25) is 9.78 Å². The number of nitrogens with zero attached hydrogens (tertiary/aromatic N) is 3. The van der Waals surface area contributed by atoms with E-state index in [0.717, 1.165) is 40.4 Å². The Kier molecular flexibility index (Phi) is 2.38. The first-order chi connectivity index (χ1) is 11.3. The molecule has 1 aliphatic carbocycles. The summed E-state index contributed by atoms with van der Waals surface area (Å²) in [4.78, 5) is 22.8. The summed E-state index contributed by atoms with van der Waals surface area (Å²) in [7, 11) is 0. The third-order valence-corrected chi connectivity index (χ3v) is 4.26. The van der Waals surface area contributed by atoms with E-state index >= 15 is 0 Å². The van der Waals surface area contributed by atoms with E-state index in [9.17, 15) is 4.79 Å². The van der Waals surface area contributed by atoms with Crippen LogP contribution in [-0.4, -0.2) is 24.6 Å². The molecular formula is C17H13N5O. The summed E-state index contributed by atoms with van der Waals surface area (Å²) in [6.07, 6.45) is 7.63. The molecule has 0 bridgehead atoms. The molecule has 112 valence electrons. The number of aromatic amines is 2. The third-order valence-electron chi connectivity index (χ3n) is 4.26. The number of nitrogens with one attached hydrogen (secondary N) is 2. The van der Waals surface area contributed by atoms with Crippen molar-refractivity contribution < 1.29 is 0 Å². The fraction of sp³-hybridized carbons (Fsp3) is 0.118. The van der Waals surface area contributed by atoms with Crippen molar-refractivity contribution in [2.75, 3.05) is 0 Å². The second-order valence-electron chi connectivity index (χ2n) is 5.70. The highest BCUT2D eigenvalue weighted by atomic mass is 16.1. The normalized spacial score (nSPS) is 14.5. The predicted molar refractivity (Wildman–Crippen MR) is 87.5 cm³/mol. The number of aromatic nitrogens is 5. The molecule has 0 aliphatic heterocycles. The molecule has 0 fully saturated rings. The van der Waals surface area contributed by atoms with Crippen LogP contribution in [0.2, 0.25) is 0 Å². The fourth-order valence-electron chi connectivity index (χ4n) is 3.13. The summed E-state index contributed by atoms with van der Waals surface area (Å²) in [5.41, 5.74) is 2.76. The van der Waals surface area contributed by atoms with Gasteiger partial charge in [-0.25, -0.2) is 4.98 Å². The van der Waals surface area contributed by atoms with Crippen molar-refractivity contribution >= 4 is 28.8 Å². The minimum absolute atomic E-state index is 0.182. The first-order valence-electron chi connectivity index (χ1n) is 7.55.